The van der Waals surface area contributed by atoms with Gasteiger partial charge < -0.3 is 20.5 Å². The summed E-state index contributed by atoms with van der Waals surface area (Å²) in [5.41, 5.74) is 3.68. The highest BCUT2D eigenvalue weighted by molar-refractivity contribution is 9.11. The molecule has 0 aliphatic rings. The molecule has 2 amide bonds. The third kappa shape index (κ3) is 7.18. The molecule has 0 aromatic heterocycles. The first-order chi connectivity index (χ1) is 16.7. The van der Waals surface area contributed by atoms with E-state index < -0.39 is 5.91 Å². The van der Waals surface area contributed by atoms with Crippen molar-refractivity contribution in [1.82, 2.24) is 0 Å². The number of aromatic hydroxyl groups is 1. The van der Waals surface area contributed by atoms with Crippen LogP contribution in [-0.2, 0) is 9.59 Å². The Bertz CT molecular complexity index is 1320. The molecule has 9 heteroatoms. The summed E-state index contributed by atoms with van der Waals surface area (Å²) >= 11 is 6.84. The minimum atomic E-state index is -0.589. The average molecular weight is 599 g/mol. The Labute approximate surface area is 219 Å². The molecule has 0 saturated heterocycles. The number of halogens is 2. The third-order valence-corrected chi connectivity index (χ3v) is 6.00. The van der Waals surface area contributed by atoms with E-state index in [1.165, 1.54) is 30.3 Å². The van der Waals surface area contributed by atoms with Crippen LogP contribution in [0, 0.1) is 25.2 Å². The first kappa shape index (κ1) is 26.0. The molecular formula is C26H21Br2N3O4. The molecule has 0 heterocycles. The molecule has 35 heavy (non-hydrogen) atoms. The van der Waals surface area contributed by atoms with Gasteiger partial charge in [0.05, 0.1) is 8.95 Å². The van der Waals surface area contributed by atoms with Gasteiger partial charge in [-0.25, -0.2) is 0 Å². The highest BCUT2D eigenvalue weighted by Crippen LogP contribution is 2.35. The summed E-state index contributed by atoms with van der Waals surface area (Å²) in [5.74, 6) is -0.421. The van der Waals surface area contributed by atoms with Crippen LogP contribution < -0.4 is 15.4 Å². The number of benzene rings is 3. The Morgan fingerprint density at radius 1 is 1.03 bits per heavy atom. The maximum atomic E-state index is 12.5. The maximum absolute atomic E-state index is 12.5. The Hall–Kier alpha value is -3.61. The standard InChI is InChI=1S/C26H21Br2N3O4/c1-15-3-8-23(16(2)9-15)31-24(33)14-35-25-21(27)11-17(12-22(25)28)10-18(13-29)26(34)30-19-4-6-20(32)7-5-19/h3-12,32H,14H2,1-2H3,(H,30,34)(H,31,33)/b18-10+. The number of hydrogen-bond acceptors (Lipinski definition) is 5. The number of carbonyl (C=O) groups excluding carboxylic acids is 2. The van der Waals surface area contributed by atoms with Gasteiger partial charge in [0.1, 0.15) is 23.1 Å². The zero-order chi connectivity index (χ0) is 25.5. The third-order valence-electron chi connectivity index (χ3n) is 4.83. The van der Waals surface area contributed by atoms with E-state index in [-0.39, 0.29) is 23.8 Å². The van der Waals surface area contributed by atoms with Crippen molar-refractivity contribution in [3.63, 3.8) is 0 Å². The molecule has 0 unspecified atom stereocenters. The number of nitriles is 1. The number of carbonyl (C=O) groups is 2. The van der Waals surface area contributed by atoms with Crippen LogP contribution in [0.15, 0.2) is 69.1 Å². The van der Waals surface area contributed by atoms with Crippen molar-refractivity contribution in [3.8, 4) is 17.6 Å². The van der Waals surface area contributed by atoms with E-state index in [9.17, 15) is 20.0 Å². The molecule has 0 radical (unpaired) electrons. The summed E-state index contributed by atoms with van der Waals surface area (Å²) in [7, 11) is 0. The van der Waals surface area contributed by atoms with E-state index in [0.29, 0.717) is 25.9 Å². The molecule has 0 aliphatic heterocycles. The molecule has 3 aromatic carbocycles. The van der Waals surface area contributed by atoms with E-state index >= 15 is 0 Å². The molecule has 0 bridgehead atoms. The van der Waals surface area contributed by atoms with Crippen LogP contribution >= 0.6 is 31.9 Å². The van der Waals surface area contributed by atoms with E-state index in [1.807, 2.05) is 38.1 Å². The van der Waals surface area contributed by atoms with Gasteiger partial charge in [-0.1, -0.05) is 17.7 Å². The van der Waals surface area contributed by atoms with Gasteiger partial charge in [-0.15, -0.1) is 0 Å². The van der Waals surface area contributed by atoms with Gasteiger partial charge in [0.25, 0.3) is 11.8 Å². The fourth-order valence-corrected chi connectivity index (χ4v) is 4.59. The number of hydrogen-bond donors (Lipinski definition) is 3. The lowest BCUT2D eigenvalue weighted by molar-refractivity contribution is -0.118. The predicted octanol–water partition coefficient (Wildman–Crippen LogP) is 6.10. The van der Waals surface area contributed by atoms with Gasteiger partial charge in [-0.2, -0.15) is 5.26 Å². The molecule has 0 aliphatic carbocycles. The highest BCUT2D eigenvalue weighted by atomic mass is 79.9. The average Bonchev–Trinajstić information content (AvgIpc) is 2.80. The molecule has 3 N–H and O–H groups in total. The summed E-state index contributed by atoms with van der Waals surface area (Å²) in [6.07, 6.45) is 1.43. The first-order valence-electron chi connectivity index (χ1n) is 10.4. The summed E-state index contributed by atoms with van der Waals surface area (Å²) in [5, 5.41) is 24.3. The largest absolute Gasteiger partial charge is 0.508 e. The zero-order valence-corrected chi connectivity index (χ0v) is 22.0. The molecule has 3 rings (SSSR count). The van der Waals surface area contributed by atoms with Crippen molar-refractivity contribution in [1.29, 1.82) is 5.26 Å². The monoisotopic (exact) mass is 597 g/mol. The van der Waals surface area contributed by atoms with Crippen LogP contribution in [0.1, 0.15) is 16.7 Å². The number of ether oxygens (including phenoxy) is 1. The Kier molecular flexibility index (Phi) is 8.68. The normalized spacial score (nSPS) is 10.9. The van der Waals surface area contributed by atoms with Gasteiger partial charge in [-0.3, -0.25) is 9.59 Å². The van der Waals surface area contributed by atoms with Gasteiger partial charge >= 0.3 is 0 Å². The lowest BCUT2D eigenvalue weighted by Crippen LogP contribution is -2.21. The Balaban J connectivity index is 1.69. The minimum absolute atomic E-state index is 0.0683. The minimum Gasteiger partial charge on any atom is -0.508 e. The van der Waals surface area contributed by atoms with Crippen molar-refractivity contribution in [3.05, 3.63) is 85.8 Å². The van der Waals surface area contributed by atoms with E-state index in [4.69, 9.17) is 4.74 Å². The highest BCUT2D eigenvalue weighted by Gasteiger charge is 2.14. The molecule has 0 fully saturated rings. The number of aryl methyl sites for hydroxylation is 2. The maximum Gasteiger partial charge on any atom is 0.266 e. The smallest absolute Gasteiger partial charge is 0.266 e. The summed E-state index contributed by atoms with van der Waals surface area (Å²) in [6.45, 7) is 3.69. The fraction of sp³-hybridized carbons (Fsp3) is 0.115. The number of nitrogens with zero attached hydrogens (tertiary/aromatic N) is 1. The van der Waals surface area contributed by atoms with E-state index in [0.717, 1.165) is 16.8 Å². The van der Waals surface area contributed by atoms with Crippen LogP contribution in [0.3, 0.4) is 0 Å². The van der Waals surface area contributed by atoms with Crippen LogP contribution in [0.2, 0.25) is 0 Å². The molecule has 7 nitrogen and oxygen atoms in total. The summed E-state index contributed by atoms with van der Waals surface area (Å²) < 4.78 is 6.77. The van der Waals surface area contributed by atoms with Gasteiger partial charge in [0.2, 0.25) is 0 Å². The van der Waals surface area contributed by atoms with Crippen molar-refractivity contribution in [2.75, 3.05) is 17.2 Å². The number of anilines is 2. The summed E-state index contributed by atoms with van der Waals surface area (Å²) in [6, 6.07) is 16.9. The van der Waals surface area contributed by atoms with Gasteiger partial charge in [0, 0.05) is 11.4 Å². The lowest BCUT2D eigenvalue weighted by Gasteiger charge is -2.13. The van der Waals surface area contributed by atoms with Crippen LogP contribution in [0.5, 0.6) is 11.5 Å². The number of phenolic OH excluding ortho intramolecular Hbond substituents is 1. The van der Waals surface area contributed by atoms with E-state index in [2.05, 4.69) is 42.5 Å². The molecule has 0 saturated carbocycles. The van der Waals surface area contributed by atoms with Crippen molar-refractivity contribution < 1.29 is 19.4 Å². The summed E-state index contributed by atoms with van der Waals surface area (Å²) in [4.78, 5) is 24.9. The van der Waals surface area contributed by atoms with E-state index in [1.54, 1.807) is 12.1 Å². The van der Waals surface area contributed by atoms with Crippen LogP contribution in [0.4, 0.5) is 11.4 Å². The fourth-order valence-electron chi connectivity index (χ4n) is 3.14. The molecule has 0 atom stereocenters. The molecule has 3 aromatic rings. The van der Waals surface area contributed by atoms with Crippen molar-refractivity contribution in [2.45, 2.75) is 13.8 Å². The number of rotatable bonds is 7. The second-order valence-electron chi connectivity index (χ2n) is 7.64. The number of nitrogens with one attached hydrogen (secondary N) is 2. The molecule has 0 spiro atoms. The van der Waals surface area contributed by atoms with Gasteiger partial charge in [0.15, 0.2) is 6.61 Å². The topological polar surface area (TPSA) is 111 Å². The number of phenols is 1. The van der Waals surface area contributed by atoms with Crippen LogP contribution in [-0.4, -0.2) is 23.5 Å². The van der Waals surface area contributed by atoms with Crippen molar-refractivity contribution >= 4 is 61.1 Å². The Morgan fingerprint density at radius 2 is 1.69 bits per heavy atom. The second kappa shape index (κ2) is 11.7. The Morgan fingerprint density at radius 3 is 2.29 bits per heavy atom. The van der Waals surface area contributed by atoms with Gasteiger partial charge in [-0.05, 0) is 105 Å². The second-order valence-corrected chi connectivity index (χ2v) is 9.35. The quantitative estimate of drug-likeness (QED) is 0.173. The molecule has 178 valence electrons. The SMILES string of the molecule is Cc1ccc(NC(=O)COc2c(Br)cc(/C=C(\C#N)C(=O)Nc3ccc(O)cc3)cc2Br)c(C)c1. The first-order valence-corrected chi connectivity index (χ1v) is 12.0. The predicted molar refractivity (Wildman–Crippen MR) is 142 cm³/mol. The van der Waals surface area contributed by atoms with Crippen LogP contribution in [0.25, 0.3) is 6.08 Å². The van der Waals surface area contributed by atoms with Crippen molar-refractivity contribution in [2.24, 2.45) is 0 Å². The lowest BCUT2D eigenvalue weighted by atomic mass is 10.1. The zero-order valence-electron chi connectivity index (χ0n) is 18.9. The number of amides is 2. The molecular weight excluding hydrogens is 578 g/mol.